The molecular weight excluding hydrogens is 453 g/mol. The maximum absolute atomic E-state index is 10.6. The van der Waals surface area contributed by atoms with Gasteiger partial charge in [-0.05, 0) is 54.4 Å². The molecule has 0 aliphatic carbocycles. The molecule has 0 bridgehead atoms. The fraction of sp³-hybridized carbons (Fsp3) is 1.00. The summed E-state index contributed by atoms with van der Waals surface area (Å²) in [5.41, 5.74) is 0. The van der Waals surface area contributed by atoms with Gasteiger partial charge in [0.15, 0.2) is 31.2 Å². The van der Waals surface area contributed by atoms with Gasteiger partial charge in [0.2, 0.25) is 0 Å². The van der Waals surface area contributed by atoms with Crippen LogP contribution < -0.4 is 0 Å². The molecule has 0 aromatic heterocycles. The molecule has 4 atom stereocenters. The Morgan fingerprint density at radius 1 is 0.719 bits per heavy atom. The maximum atomic E-state index is 10.6. The minimum Gasteiger partial charge on any atom is -0.414 e. The zero-order chi connectivity index (χ0) is 25.6. The molecule has 0 radical (unpaired) electrons. The third kappa shape index (κ3) is 7.47. The van der Waals surface area contributed by atoms with Crippen LogP contribution in [0.4, 0.5) is 0 Å². The van der Waals surface area contributed by atoms with Gasteiger partial charge in [0.1, 0.15) is 6.10 Å². The first-order chi connectivity index (χ1) is 13.9. The van der Waals surface area contributed by atoms with Crippen molar-refractivity contribution in [2.75, 3.05) is 6.61 Å². The molecule has 1 unspecified atom stereocenters. The minimum absolute atomic E-state index is 0.0649. The lowest BCUT2D eigenvalue weighted by molar-refractivity contribution is -0.232. The van der Waals surface area contributed by atoms with Crippen LogP contribution in [0.1, 0.15) is 68.7 Å². The highest BCUT2D eigenvalue weighted by Crippen LogP contribution is 2.43. The molecule has 32 heavy (non-hydrogen) atoms. The van der Waals surface area contributed by atoms with E-state index in [0.29, 0.717) is 13.0 Å². The SMILES string of the molecule is CC(C)(C)[Si](C)(C)OC[C@H]1OC(O)C[C@@H](O[Si](C)(C)C(C)(C)C)[C@@H]1O[Si](C)(C)C(C)(C)C. The monoisotopic (exact) mass is 506 g/mol. The average molecular weight is 507 g/mol. The van der Waals surface area contributed by atoms with Gasteiger partial charge in [0.25, 0.3) is 0 Å². The Balaban J connectivity index is 3.29. The first-order valence-corrected chi connectivity index (χ1v) is 21.0. The molecule has 0 aromatic rings. The molecule has 192 valence electrons. The van der Waals surface area contributed by atoms with Crippen LogP contribution in [0.3, 0.4) is 0 Å². The number of aliphatic hydroxyl groups excluding tert-OH is 1. The summed E-state index contributed by atoms with van der Waals surface area (Å²) in [5, 5.41) is 10.9. The molecule has 1 saturated heterocycles. The van der Waals surface area contributed by atoms with Crippen molar-refractivity contribution in [2.24, 2.45) is 0 Å². The summed E-state index contributed by atoms with van der Waals surface area (Å²) in [6, 6.07) is 0. The molecule has 1 N–H and O–H groups in total. The Kier molecular flexibility index (Phi) is 9.37. The van der Waals surface area contributed by atoms with Crippen molar-refractivity contribution < 1.29 is 23.1 Å². The molecule has 1 aliphatic rings. The Labute approximate surface area is 202 Å². The standard InChI is InChI=1S/C24H54O5Si3/c1-22(2,3)30(10,11)26-17-19-21(29-32(14,15)24(7,8)9)18(16-20(25)27-19)28-31(12,13)23(4,5)6/h18-21,25H,16-17H2,1-15H3/t18-,19-,20?,21+/m1/s1. The van der Waals surface area contributed by atoms with Gasteiger partial charge in [-0.2, -0.15) is 0 Å². The Morgan fingerprint density at radius 2 is 1.12 bits per heavy atom. The Morgan fingerprint density at radius 3 is 1.53 bits per heavy atom. The van der Waals surface area contributed by atoms with Crippen LogP contribution in [-0.4, -0.2) is 61.3 Å². The fourth-order valence-electron chi connectivity index (χ4n) is 2.89. The van der Waals surface area contributed by atoms with E-state index < -0.39 is 31.2 Å². The van der Waals surface area contributed by atoms with Gasteiger partial charge in [0, 0.05) is 6.42 Å². The smallest absolute Gasteiger partial charge is 0.192 e. The van der Waals surface area contributed by atoms with E-state index >= 15 is 0 Å². The van der Waals surface area contributed by atoms with Gasteiger partial charge in [-0.1, -0.05) is 62.3 Å². The second-order valence-corrected chi connectivity index (χ2v) is 28.5. The summed E-state index contributed by atoms with van der Waals surface area (Å²) in [4.78, 5) is 0. The zero-order valence-electron chi connectivity index (χ0n) is 23.8. The van der Waals surface area contributed by atoms with Gasteiger partial charge in [-0.3, -0.25) is 0 Å². The van der Waals surface area contributed by atoms with Crippen LogP contribution in [0, 0.1) is 0 Å². The zero-order valence-corrected chi connectivity index (χ0v) is 26.8. The maximum Gasteiger partial charge on any atom is 0.192 e. The molecule has 1 heterocycles. The van der Waals surface area contributed by atoms with Crippen molar-refractivity contribution in [3.63, 3.8) is 0 Å². The lowest BCUT2D eigenvalue weighted by Crippen LogP contribution is -2.61. The summed E-state index contributed by atoms with van der Waals surface area (Å²) in [6.07, 6.45) is -1.24. The Hall–Kier alpha value is 0.451. The van der Waals surface area contributed by atoms with Crippen LogP contribution in [0.25, 0.3) is 0 Å². The summed E-state index contributed by atoms with van der Waals surface area (Å²) in [6.45, 7) is 34.2. The highest BCUT2D eigenvalue weighted by Gasteiger charge is 2.50. The van der Waals surface area contributed by atoms with Crippen molar-refractivity contribution in [3.8, 4) is 0 Å². The highest BCUT2D eigenvalue weighted by atomic mass is 28.4. The fourth-order valence-corrected chi connectivity index (χ4v) is 6.58. The van der Waals surface area contributed by atoms with E-state index in [1.165, 1.54) is 0 Å². The topological polar surface area (TPSA) is 57.2 Å². The van der Waals surface area contributed by atoms with Crippen molar-refractivity contribution >= 4 is 25.0 Å². The second kappa shape index (κ2) is 9.84. The van der Waals surface area contributed by atoms with E-state index in [1.54, 1.807) is 0 Å². The molecular formula is C24H54O5Si3. The lowest BCUT2D eigenvalue weighted by atomic mass is 10.0. The van der Waals surface area contributed by atoms with Crippen LogP contribution in [0.2, 0.25) is 54.4 Å². The summed E-state index contributed by atoms with van der Waals surface area (Å²) in [7, 11) is -6.14. The van der Waals surface area contributed by atoms with Crippen molar-refractivity contribution in [2.45, 2.75) is 148 Å². The number of rotatable bonds is 7. The molecule has 0 aromatic carbocycles. The van der Waals surface area contributed by atoms with Gasteiger partial charge in [-0.15, -0.1) is 0 Å². The second-order valence-electron chi connectivity index (χ2n) is 14.2. The molecule has 0 amide bonds. The molecule has 0 spiro atoms. The van der Waals surface area contributed by atoms with Crippen molar-refractivity contribution in [3.05, 3.63) is 0 Å². The largest absolute Gasteiger partial charge is 0.414 e. The van der Waals surface area contributed by atoms with Crippen LogP contribution in [-0.2, 0) is 18.0 Å². The van der Waals surface area contributed by atoms with Crippen LogP contribution >= 0.6 is 0 Å². The van der Waals surface area contributed by atoms with E-state index in [9.17, 15) is 5.11 Å². The first-order valence-electron chi connectivity index (χ1n) is 12.2. The van der Waals surface area contributed by atoms with Crippen LogP contribution in [0.5, 0.6) is 0 Å². The third-order valence-corrected chi connectivity index (χ3v) is 21.9. The number of ether oxygens (including phenoxy) is 1. The molecule has 0 saturated carbocycles. The molecule has 1 aliphatic heterocycles. The van der Waals surface area contributed by atoms with Crippen molar-refractivity contribution in [1.29, 1.82) is 0 Å². The summed E-state index contributed by atoms with van der Waals surface area (Å²) in [5.74, 6) is 0. The lowest BCUT2D eigenvalue weighted by Gasteiger charge is -2.50. The van der Waals surface area contributed by atoms with Crippen molar-refractivity contribution in [1.82, 2.24) is 0 Å². The normalized spacial score (nSPS) is 27.0. The average Bonchev–Trinajstić information content (AvgIpc) is 2.52. The molecule has 8 heteroatoms. The predicted molar refractivity (Wildman–Crippen MR) is 143 cm³/mol. The quantitative estimate of drug-likeness (QED) is 0.381. The molecule has 1 fully saturated rings. The number of hydrogen-bond donors (Lipinski definition) is 1. The number of hydrogen-bond acceptors (Lipinski definition) is 5. The van der Waals surface area contributed by atoms with E-state index in [0.717, 1.165) is 0 Å². The highest BCUT2D eigenvalue weighted by molar-refractivity contribution is 6.75. The van der Waals surface area contributed by atoms with Gasteiger partial charge >= 0.3 is 0 Å². The van der Waals surface area contributed by atoms with E-state index in [-0.39, 0.29) is 33.4 Å². The van der Waals surface area contributed by atoms with Gasteiger partial charge in [0.05, 0.1) is 18.8 Å². The van der Waals surface area contributed by atoms with Gasteiger partial charge in [-0.25, -0.2) is 0 Å². The predicted octanol–water partition coefficient (Wildman–Crippen LogP) is 6.90. The van der Waals surface area contributed by atoms with E-state index in [2.05, 4.69) is 102 Å². The van der Waals surface area contributed by atoms with Crippen LogP contribution in [0.15, 0.2) is 0 Å². The first kappa shape index (κ1) is 30.5. The van der Waals surface area contributed by atoms with E-state index in [4.69, 9.17) is 18.0 Å². The Bertz CT molecular complexity index is 615. The third-order valence-electron chi connectivity index (χ3n) is 8.40. The minimum atomic E-state index is -2.10. The molecule has 5 nitrogen and oxygen atoms in total. The number of aliphatic hydroxyl groups is 1. The van der Waals surface area contributed by atoms with Gasteiger partial charge < -0.3 is 23.1 Å². The molecule has 1 rings (SSSR count). The summed E-state index contributed by atoms with van der Waals surface area (Å²) >= 11 is 0. The summed E-state index contributed by atoms with van der Waals surface area (Å²) < 4.78 is 26.5. The van der Waals surface area contributed by atoms with E-state index in [1.807, 2.05) is 0 Å².